The average Bonchev–Trinajstić information content (AvgIpc) is 2.33. The molecule has 0 unspecified atom stereocenters. The number of rotatable bonds is 0. The van der Waals surface area contributed by atoms with Crippen molar-refractivity contribution in [2.24, 2.45) is 0 Å². The fourth-order valence-electron chi connectivity index (χ4n) is 1.36. The lowest BCUT2D eigenvalue weighted by molar-refractivity contribution is -0.556. The van der Waals surface area contributed by atoms with E-state index in [0.717, 1.165) is 11.5 Å². The molecule has 0 aromatic carbocycles. The van der Waals surface area contributed by atoms with Crippen LogP contribution in [0.4, 0.5) is 5.82 Å². The number of likely N-dealkylation sites (N-methyl/N-ethyl adjacent to an activating group) is 1. The van der Waals surface area contributed by atoms with Crippen LogP contribution in [0.3, 0.4) is 0 Å². The molecule has 0 saturated heterocycles. The molecule has 3 heteroatoms. The molecule has 1 aliphatic heterocycles. The Morgan fingerprint density at radius 1 is 1.50 bits per heavy atom. The van der Waals surface area contributed by atoms with E-state index in [2.05, 4.69) is 6.58 Å². The lowest BCUT2D eigenvalue weighted by Gasteiger charge is -1.98. The summed E-state index contributed by atoms with van der Waals surface area (Å²) in [5, 5.41) is 7.65. The average molecular weight is 160 g/mol. The van der Waals surface area contributed by atoms with Crippen molar-refractivity contribution in [1.82, 2.24) is 0 Å². The quantitative estimate of drug-likeness (QED) is 0.561. The van der Waals surface area contributed by atoms with Gasteiger partial charge in [-0.2, -0.15) is 4.57 Å². The number of pyridine rings is 1. The lowest BCUT2D eigenvalue weighted by atomic mass is 10.4. The van der Waals surface area contributed by atoms with Crippen LogP contribution in [0.15, 0.2) is 31.0 Å². The summed E-state index contributed by atoms with van der Waals surface area (Å²) >= 11 is 0. The summed E-state index contributed by atoms with van der Waals surface area (Å²) in [5.74, 6) is 1.45. The van der Waals surface area contributed by atoms with Gasteiger partial charge in [-0.15, -0.1) is 0 Å². The maximum atomic E-state index is 7.65. The minimum absolute atomic E-state index is 0.459. The normalized spacial score (nSPS) is 15.2. The minimum atomic E-state index is 0.459. The minimum Gasteiger partial charge on any atom is -0.260 e. The largest absolute Gasteiger partial charge is 0.288 e. The number of nitrogens with one attached hydrogen (secondary N) is 1. The number of amidine groups is 1. The van der Waals surface area contributed by atoms with Gasteiger partial charge in [-0.1, -0.05) is 6.07 Å². The first-order chi connectivity index (χ1) is 5.72. The maximum Gasteiger partial charge on any atom is 0.288 e. The van der Waals surface area contributed by atoms with Gasteiger partial charge in [0.1, 0.15) is 0 Å². The topological polar surface area (TPSA) is 31.0 Å². The summed E-state index contributed by atoms with van der Waals surface area (Å²) in [5.41, 5.74) is 0.730. The fourth-order valence-corrected chi connectivity index (χ4v) is 1.36. The molecule has 1 aromatic heterocycles. The van der Waals surface area contributed by atoms with Crippen LogP contribution in [0, 0.1) is 5.41 Å². The number of hydrogen-bond donors (Lipinski definition) is 1. The van der Waals surface area contributed by atoms with Gasteiger partial charge in [-0.25, -0.2) is 4.90 Å². The molecule has 1 aromatic rings. The summed E-state index contributed by atoms with van der Waals surface area (Å²) < 4.78 is 1.91. The summed E-state index contributed by atoms with van der Waals surface area (Å²) in [6, 6.07) is 5.85. The van der Waals surface area contributed by atoms with E-state index in [1.165, 1.54) is 0 Å². The SMILES string of the molecule is C=C1C(=N)N(C)c2cccc[n+]21. The molecule has 0 atom stereocenters. The summed E-state index contributed by atoms with van der Waals surface area (Å²) in [6.45, 7) is 3.82. The second-order valence-corrected chi connectivity index (χ2v) is 2.78. The third kappa shape index (κ3) is 0.704. The first kappa shape index (κ1) is 7.03. The summed E-state index contributed by atoms with van der Waals surface area (Å²) in [7, 11) is 1.87. The molecule has 0 saturated carbocycles. The third-order valence-corrected chi connectivity index (χ3v) is 2.08. The Morgan fingerprint density at radius 3 is 2.92 bits per heavy atom. The highest BCUT2D eigenvalue weighted by atomic mass is 15.3. The monoisotopic (exact) mass is 160 g/mol. The standard InChI is InChI=1S/C9H10N3/c1-7-9(10)11(2)8-5-3-4-6-12(7)8/h3-6,10H,1H2,2H3/q+1. The van der Waals surface area contributed by atoms with E-state index in [-0.39, 0.29) is 0 Å². The third-order valence-electron chi connectivity index (χ3n) is 2.08. The lowest BCUT2D eigenvalue weighted by Crippen LogP contribution is -2.28. The Kier molecular flexibility index (Phi) is 1.27. The van der Waals surface area contributed by atoms with Crippen molar-refractivity contribution in [3.8, 4) is 0 Å². The predicted molar refractivity (Wildman–Crippen MR) is 48.1 cm³/mol. The first-order valence-electron chi connectivity index (χ1n) is 3.74. The zero-order valence-corrected chi connectivity index (χ0v) is 6.91. The van der Waals surface area contributed by atoms with E-state index in [0.29, 0.717) is 5.84 Å². The molecule has 2 rings (SSSR count). The van der Waals surface area contributed by atoms with Gasteiger partial charge in [-0.05, 0) is 12.6 Å². The van der Waals surface area contributed by atoms with Crippen LogP contribution in [-0.2, 0) is 0 Å². The summed E-state index contributed by atoms with van der Waals surface area (Å²) in [4.78, 5) is 1.81. The number of fused-ring (bicyclic) bond motifs is 1. The van der Waals surface area contributed by atoms with Crippen molar-refractivity contribution in [3.63, 3.8) is 0 Å². The molecule has 0 bridgehead atoms. The van der Waals surface area contributed by atoms with Crippen LogP contribution in [0.25, 0.3) is 5.70 Å². The Bertz CT molecular complexity index is 368. The van der Waals surface area contributed by atoms with Crippen LogP contribution >= 0.6 is 0 Å². The highest BCUT2D eigenvalue weighted by Gasteiger charge is 2.33. The summed E-state index contributed by atoms with van der Waals surface area (Å²) in [6.07, 6.45) is 1.91. The Balaban J connectivity index is 2.67. The number of hydrogen-bond acceptors (Lipinski definition) is 1. The van der Waals surface area contributed by atoms with Crippen molar-refractivity contribution in [2.45, 2.75) is 0 Å². The number of anilines is 1. The van der Waals surface area contributed by atoms with E-state index in [1.54, 1.807) is 0 Å². The molecule has 60 valence electrons. The predicted octanol–water partition coefficient (Wildman–Crippen LogP) is 0.872. The van der Waals surface area contributed by atoms with Crippen molar-refractivity contribution >= 4 is 17.4 Å². The number of nitrogens with zero attached hydrogens (tertiary/aromatic N) is 2. The van der Waals surface area contributed by atoms with Gasteiger partial charge in [0.2, 0.25) is 0 Å². The van der Waals surface area contributed by atoms with Crippen molar-refractivity contribution in [1.29, 1.82) is 5.41 Å². The van der Waals surface area contributed by atoms with Gasteiger partial charge in [0.15, 0.2) is 5.70 Å². The molecule has 12 heavy (non-hydrogen) atoms. The first-order valence-corrected chi connectivity index (χ1v) is 3.74. The van der Waals surface area contributed by atoms with Gasteiger partial charge in [0, 0.05) is 6.07 Å². The molecule has 0 amide bonds. The van der Waals surface area contributed by atoms with E-state index in [9.17, 15) is 0 Å². The fraction of sp³-hybridized carbons (Fsp3) is 0.111. The Labute approximate surface area is 71.1 Å². The molecule has 3 nitrogen and oxygen atoms in total. The second kappa shape index (κ2) is 2.17. The van der Waals surface area contributed by atoms with Crippen LogP contribution in [0.2, 0.25) is 0 Å². The van der Waals surface area contributed by atoms with Crippen molar-refractivity contribution in [2.75, 3.05) is 11.9 Å². The zero-order valence-electron chi connectivity index (χ0n) is 6.91. The zero-order chi connectivity index (χ0) is 8.72. The molecular weight excluding hydrogens is 150 g/mol. The Morgan fingerprint density at radius 2 is 2.25 bits per heavy atom. The van der Waals surface area contributed by atoms with Gasteiger partial charge in [-0.3, -0.25) is 5.41 Å². The second-order valence-electron chi connectivity index (χ2n) is 2.78. The van der Waals surface area contributed by atoms with Crippen molar-refractivity contribution < 1.29 is 4.57 Å². The Hall–Kier alpha value is -1.64. The molecule has 0 radical (unpaired) electrons. The van der Waals surface area contributed by atoms with Crippen molar-refractivity contribution in [3.05, 3.63) is 31.0 Å². The van der Waals surface area contributed by atoms with E-state index in [4.69, 9.17) is 5.41 Å². The van der Waals surface area contributed by atoms with E-state index in [1.807, 2.05) is 40.9 Å². The van der Waals surface area contributed by atoms with Gasteiger partial charge < -0.3 is 0 Å². The van der Waals surface area contributed by atoms with Crippen LogP contribution in [0.1, 0.15) is 0 Å². The molecule has 0 aliphatic carbocycles. The molecule has 0 spiro atoms. The van der Waals surface area contributed by atoms with E-state index >= 15 is 0 Å². The molecule has 2 heterocycles. The highest BCUT2D eigenvalue weighted by molar-refractivity contribution is 6.21. The van der Waals surface area contributed by atoms with Gasteiger partial charge in [0.05, 0.1) is 13.2 Å². The van der Waals surface area contributed by atoms with Gasteiger partial charge in [0.25, 0.3) is 11.7 Å². The van der Waals surface area contributed by atoms with Gasteiger partial charge >= 0.3 is 0 Å². The highest BCUT2D eigenvalue weighted by Crippen LogP contribution is 2.17. The maximum absolute atomic E-state index is 7.65. The molecule has 0 fully saturated rings. The molecular formula is C9H10N3+. The van der Waals surface area contributed by atoms with Crippen LogP contribution < -0.4 is 9.47 Å². The smallest absolute Gasteiger partial charge is 0.260 e. The van der Waals surface area contributed by atoms with Crippen LogP contribution in [0.5, 0.6) is 0 Å². The van der Waals surface area contributed by atoms with E-state index < -0.39 is 0 Å². The van der Waals surface area contributed by atoms with Crippen LogP contribution in [-0.4, -0.2) is 12.9 Å². The molecule has 1 N–H and O–H groups in total. The molecule has 1 aliphatic rings. The number of aromatic nitrogens is 1.